The van der Waals surface area contributed by atoms with Crippen LogP contribution in [0.5, 0.6) is 0 Å². The maximum atomic E-state index is 11.1. The quantitative estimate of drug-likeness (QED) is 0.0286. The first-order valence-corrected chi connectivity index (χ1v) is 23.8. The summed E-state index contributed by atoms with van der Waals surface area (Å²) in [4.78, 5) is 0. The molecule has 0 bridgehead atoms. The third kappa shape index (κ3) is 27.1. The number of aliphatic hydroxyl groups is 9. The Labute approximate surface area is 377 Å². The smallest absolute Gasteiger partial charge is 0.187 e. The van der Waals surface area contributed by atoms with Gasteiger partial charge in [0.25, 0.3) is 0 Å². The van der Waals surface area contributed by atoms with Gasteiger partial charge in [0, 0.05) is 0 Å². The zero-order valence-electron chi connectivity index (χ0n) is 40.8. The van der Waals surface area contributed by atoms with E-state index in [1.807, 2.05) is 47.6 Å². The molecule has 0 amide bonds. The molecule has 62 heavy (non-hydrogen) atoms. The summed E-state index contributed by atoms with van der Waals surface area (Å²) in [5.74, 6) is 0. The average molecular weight is 883 g/mol. The fraction of sp³-hybridized carbons (Fsp3) is 0.843. The highest BCUT2D eigenvalue weighted by atomic mass is 16.7. The molecule has 1 heterocycles. The Hall–Kier alpha value is -1.48. The predicted octanol–water partition coefficient (Wildman–Crippen LogP) is 8.56. The van der Waals surface area contributed by atoms with Gasteiger partial charge < -0.3 is 55.4 Å². The number of ether oxygens (including phenoxy) is 2. The van der Waals surface area contributed by atoms with E-state index in [0.717, 1.165) is 63.4 Å². The summed E-state index contributed by atoms with van der Waals surface area (Å²) in [6.45, 7) is 19.4. The molecule has 9 N–H and O–H groups in total. The number of hydrogen-bond donors (Lipinski definition) is 9. The fourth-order valence-corrected chi connectivity index (χ4v) is 8.33. The lowest BCUT2D eigenvalue weighted by Gasteiger charge is -2.39. The standard InChI is InChI=1S/C51H94O11/c1-38(2)19-13-26-47(6,56)28-15-30-49(8,58)32-17-34-51(10,60)35-18-33-50(9,59)31-16-29-48(7,57)27-14-24-40(4)22-11-20-39(3)21-12-23-41(5)25-36-61-46-45(55)44(54)43(53)42(37-52)62-46/h19,21-22,25,42-46,52-60H,11-18,20,23-24,26-37H2,1-10H3/b39-21+,40-22-,41-25+/t42-,43-,44+,45-,46-,47?,48?,49?,50?,51?/m1/s1. The molecule has 0 radical (unpaired) electrons. The van der Waals surface area contributed by atoms with Crippen molar-refractivity contribution in [1.82, 2.24) is 0 Å². The monoisotopic (exact) mass is 883 g/mol. The zero-order valence-corrected chi connectivity index (χ0v) is 40.8. The summed E-state index contributed by atoms with van der Waals surface area (Å²) in [7, 11) is 0. The van der Waals surface area contributed by atoms with E-state index in [1.54, 1.807) is 0 Å². The summed E-state index contributed by atoms with van der Waals surface area (Å²) < 4.78 is 10.9. The van der Waals surface area contributed by atoms with Crippen molar-refractivity contribution in [2.45, 2.75) is 263 Å². The molecule has 11 heteroatoms. The molecule has 5 unspecified atom stereocenters. The molecule has 0 aromatic carbocycles. The molecule has 10 atom stereocenters. The minimum absolute atomic E-state index is 0.173. The lowest BCUT2D eigenvalue weighted by molar-refractivity contribution is -0.298. The van der Waals surface area contributed by atoms with Crippen molar-refractivity contribution in [3.05, 3.63) is 46.6 Å². The highest BCUT2D eigenvalue weighted by Crippen LogP contribution is 2.31. The molecular formula is C51H94O11. The molecule has 0 spiro atoms. The van der Waals surface area contributed by atoms with Crippen molar-refractivity contribution in [1.29, 1.82) is 0 Å². The van der Waals surface area contributed by atoms with Crippen LogP contribution in [0, 0.1) is 0 Å². The van der Waals surface area contributed by atoms with Gasteiger partial charge in [-0.2, -0.15) is 0 Å². The zero-order chi connectivity index (χ0) is 47.2. The van der Waals surface area contributed by atoms with Crippen LogP contribution in [-0.2, 0) is 9.47 Å². The van der Waals surface area contributed by atoms with Crippen molar-refractivity contribution < 1.29 is 55.4 Å². The first-order chi connectivity index (χ1) is 28.7. The average Bonchev–Trinajstić information content (AvgIpc) is 3.13. The van der Waals surface area contributed by atoms with E-state index in [0.29, 0.717) is 77.0 Å². The van der Waals surface area contributed by atoms with Gasteiger partial charge in [0.15, 0.2) is 6.29 Å². The molecule has 1 saturated heterocycles. The molecule has 0 aromatic rings. The first kappa shape index (κ1) is 58.5. The summed E-state index contributed by atoms with van der Waals surface area (Å²) in [6, 6.07) is 0. The van der Waals surface area contributed by atoms with Crippen LogP contribution in [0.15, 0.2) is 46.6 Å². The predicted molar refractivity (Wildman–Crippen MR) is 250 cm³/mol. The van der Waals surface area contributed by atoms with Crippen molar-refractivity contribution in [2.75, 3.05) is 13.2 Å². The van der Waals surface area contributed by atoms with E-state index in [-0.39, 0.29) is 6.61 Å². The van der Waals surface area contributed by atoms with Gasteiger partial charge in [-0.25, -0.2) is 0 Å². The number of rotatable bonds is 33. The van der Waals surface area contributed by atoms with Gasteiger partial charge in [0.05, 0.1) is 41.2 Å². The van der Waals surface area contributed by atoms with E-state index in [2.05, 4.69) is 45.9 Å². The maximum Gasteiger partial charge on any atom is 0.187 e. The number of aliphatic hydroxyl groups excluding tert-OH is 4. The summed E-state index contributed by atoms with van der Waals surface area (Å²) in [5.41, 5.74) is 0.929. The topological polar surface area (TPSA) is 201 Å². The Bertz CT molecular complexity index is 1350. The van der Waals surface area contributed by atoms with Crippen LogP contribution in [0.3, 0.4) is 0 Å². The second-order valence-electron chi connectivity index (χ2n) is 20.8. The highest BCUT2D eigenvalue weighted by Gasteiger charge is 2.44. The van der Waals surface area contributed by atoms with Crippen molar-refractivity contribution in [3.8, 4) is 0 Å². The maximum absolute atomic E-state index is 11.1. The van der Waals surface area contributed by atoms with Crippen molar-refractivity contribution >= 4 is 0 Å². The van der Waals surface area contributed by atoms with Gasteiger partial charge in [-0.05, 0) is 204 Å². The van der Waals surface area contributed by atoms with Crippen LogP contribution in [0.1, 0.15) is 204 Å². The molecule has 364 valence electrons. The molecule has 0 saturated carbocycles. The van der Waals surface area contributed by atoms with Gasteiger partial charge in [-0.3, -0.25) is 0 Å². The van der Waals surface area contributed by atoms with Crippen molar-refractivity contribution in [2.24, 2.45) is 0 Å². The molecule has 0 aliphatic carbocycles. The lowest BCUT2D eigenvalue weighted by atomic mass is 9.84. The Morgan fingerprint density at radius 2 is 0.839 bits per heavy atom. The normalized spacial score (nSPS) is 25.3. The molecule has 1 fully saturated rings. The first-order valence-electron chi connectivity index (χ1n) is 23.8. The Morgan fingerprint density at radius 1 is 0.468 bits per heavy atom. The second kappa shape index (κ2) is 28.5. The molecule has 11 nitrogen and oxygen atoms in total. The van der Waals surface area contributed by atoms with Crippen LogP contribution in [-0.4, -0.2) is 118 Å². The lowest BCUT2D eigenvalue weighted by Crippen LogP contribution is -2.59. The summed E-state index contributed by atoms with van der Waals surface area (Å²) >= 11 is 0. The Morgan fingerprint density at radius 3 is 1.24 bits per heavy atom. The van der Waals surface area contributed by atoms with Gasteiger partial charge >= 0.3 is 0 Å². The van der Waals surface area contributed by atoms with E-state index < -0.39 is 65.3 Å². The molecule has 1 aliphatic heterocycles. The minimum Gasteiger partial charge on any atom is -0.394 e. The van der Waals surface area contributed by atoms with Gasteiger partial charge in [-0.1, -0.05) is 46.6 Å². The Balaban J connectivity index is 2.28. The Kier molecular flexibility index (Phi) is 26.9. The van der Waals surface area contributed by atoms with Gasteiger partial charge in [0.1, 0.15) is 24.4 Å². The van der Waals surface area contributed by atoms with Crippen LogP contribution in [0.2, 0.25) is 0 Å². The van der Waals surface area contributed by atoms with Crippen LogP contribution < -0.4 is 0 Å². The molecule has 1 rings (SSSR count). The van der Waals surface area contributed by atoms with E-state index in [1.165, 1.54) is 16.7 Å². The van der Waals surface area contributed by atoms with E-state index in [4.69, 9.17) is 9.47 Å². The number of allylic oxidation sites excluding steroid dienone is 7. The van der Waals surface area contributed by atoms with Gasteiger partial charge in [-0.15, -0.1) is 0 Å². The second-order valence-corrected chi connectivity index (χ2v) is 20.8. The largest absolute Gasteiger partial charge is 0.394 e. The van der Waals surface area contributed by atoms with Crippen LogP contribution in [0.4, 0.5) is 0 Å². The van der Waals surface area contributed by atoms with Crippen molar-refractivity contribution in [3.63, 3.8) is 0 Å². The third-order valence-corrected chi connectivity index (χ3v) is 12.8. The molecular weight excluding hydrogens is 789 g/mol. The summed E-state index contributed by atoms with van der Waals surface area (Å²) in [5, 5.41) is 94.1. The minimum atomic E-state index is -1.45. The summed E-state index contributed by atoms with van der Waals surface area (Å²) in [6.07, 6.45) is 17.7. The third-order valence-electron chi connectivity index (χ3n) is 12.8. The molecule has 1 aliphatic rings. The van der Waals surface area contributed by atoms with Gasteiger partial charge in [0.2, 0.25) is 0 Å². The number of hydrogen-bond acceptors (Lipinski definition) is 11. The fourth-order valence-electron chi connectivity index (χ4n) is 8.33. The SMILES string of the molecule is CC(C)=CCCC(C)(O)CCCC(C)(O)CCCC(C)(O)CCCC(C)(O)CCCC(C)(O)CCC/C(C)=C\CC/C(C)=C/CC/C(C)=C/CO[C@@H]1O[C@H](CO)[C@@H](O)[C@H](O)[C@H]1O. The van der Waals surface area contributed by atoms with E-state index in [9.17, 15) is 46.0 Å². The highest BCUT2D eigenvalue weighted by molar-refractivity contribution is 5.06. The van der Waals surface area contributed by atoms with Crippen LogP contribution >= 0.6 is 0 Å². The van der Waals surface area contributed by atoms with Crippen LogP contribution in [0.25, 0.3) is 0 Å². The van der Waals surface area contributed by atoms with E-state index >= 15 is 0 Å². The molecule has 0 aromatic heterocycles.